The summed E-state index contributed by atoms with van der Waals surface area (Å²) >= 11 is 0. The standard InChI is InChI=1S/C25H28O5/c1-12(2)11-17(26)23-15(5)16-10-9-14(4)19(16)24(30-23)21-22(27)20-13(3)7-6-8-18(20)29-25(21)28/h6-8,11,14,16,19,24,27H,9-10H2,1-5H3/t14-,16+,19+,24+/m0/s1. The van der Waals surface area contributed by atoms with Gasteiger partial charge in [0.2, 0.25) is 5.78 Å². The summed E-state index contributed by atoms with van der Waals surface area (Å²) < 4.78 is 11.8. The Balaban J connectivity index is 1.92. The lowest BCUT2D eigenvalue weighted by atomic mass is 9.76. The van der Waals surface area contributed by atoms with Gasteiger partial charge >= 0.3 is 5.63 Å². The molecule has 0 saturated heterocycles. The minimum absolute atomic E-state index is 0.00326. The Hall–Kier alpha value is -2.82. The molecule has 1 aliphatic carbocycles. The smallest absolute Gasteiger partial charge is 0.347 e. The zero-order valence-corrected chi connectivity index (χ0v) is 18.1. The second-order valence-electron chi connectivity index (χ2n) is 8.97. The van der Waals surface area contributed by atoms with Gasteiger partial charge in [0.05, 0.1) is 5.39 Å². The number of hydrogen-bond donors (Lipinski definition) is 1. The molecule has 1 aliphatic heterocycles. The van der Waals surface area contributed by atoms with Crippen molar-refractivity contribution < 1.29 is 19.1 Å². The molecule has 1 aromatic carbocycles. The molecule has 30 heavy (non-hydrogen) atoms. The van der Waals surface area contributed by atoms with Crippen LogP contribution in [0.5, 0.6) is 5.75 Å². The molecule has 1 saturated carbocycles. The van der Waals surface area contributed by atoms with Crippen LogP contribution in [0.4, 0.5) is 0 Å². The number of aryl methyl sites for hydroxylation is 1. The normalized spacial score (nSPS) is 25.8. The lowest BCUT2D eigenvalue weighted by Crippen LogP contribution is -2.34. The fraction of sp³-hybridized carbons (Fsp3) is 0.440. The van der Waals surface area contributed by atoms with Crippen LogP contribution < -0.4 is 5.63 Å². The molecule has 1 N–H and O–H groups in total. The molecule has 158 valence electrons. The Kier molecular flexibility index (Phi) is 5.08. The first-order valence-corrected chi connectivity index (χ1v) is 10.5. The Labute approximate surface area is 176 Å². The van der Waals surface area contributed by atoms with E-state index in [0.29, 0.717) is 22.6 Å². The Bertz CT molecular complexity index is 1150. The second-order valence-corrected chi connectivity index (χ2v) is 8.97. The monoisotopic (exact) mass is 408 g/mol. The van der Waals surface area contributed by atoms with E-state index < -0.39 is 11.7 Å². The summed E-state index contributed by atoms with van der Waals surface area (Å²) in [5.74, 6) is 0.423. The molecular formula is C25H28O5. The SMILES string of the molecule is CC(C)=CC(=O)C1=C(C)[C@H]2CC[C@H](C)[C@H]2[C@H](c2c(O)c3c(C)cccc3oc2=O)O1. The molecule has 4 rings (SSSR count). The van der Waals surface area contributed by atoms with Gasteiger partial charge in [-0.15, -0.1) is 0 Å². The predicted molar refractivity (Wildman–Crippen MR) is 115 cm³/mol. The van der Waals surface area contributed by atoms with Crippen molar-refractivity contribution in [2.45, 2.75) is 53.6 Å². The summed E-state index contributed by atoms with van der Waals surface area (Å²) in [5.41, 5.74) is 2.49. The quantitative estimate of drug-likeness (QED) is 0.547. The topological polar surface area (TPSA) is 76.7 Å². The summed E-state index contributed by atoms with van der Waals surface area (Å²) in [6.45, 7) is 9.68. The highest BCUT2D eigenvalue weighted by atomic mass is 16.5. The number of rotatable bonds is 3. The maximum Gasteiger partial charge on any atom is 0.347 e. The van der Waals surface area contributed by atoms with Crippen LogP contribution in [0.3, 0.4) is 0 Å². The molecular weight excluding hydrogens is 380 g/mol. The zero-order valence-electron chi connectivity index (χ0n) is 18.1. The molecule has 0 amide bonds. The molecule has 2 heterocycles. The van der Waals surface area contributed by atoms with Gasteiger partial charge in [-0.2, -0.15) is 0 Å². The van der Waals surface area contributed by atoms with E-state index in [1.54, 1.807) is 18.2 Å². The second kappa shape index (κ2) is 7.46. The van der Waals surface area contributed by atoms with Crippen LogP contribution in [0.2, 0.25) is 0 Å². The van der Waals surface area contributed by atoms with Crippen molar-refractivity contribution >= 4 is 16.8 Å². The lowest BCUT2D eigenvalue weighted by molar-refractivity contribution is -0.118. The molecule has 2 aliphatic rings. The molecule has 2 aromatic rings. The van der Waals surface area contributed by atoms with Crippen LogP contribution in [0.15, 0.2) is 50.4 Å². The van der Waals surface area contributed by atoms with Crippen molar-refractivity contribution in [2.24, 2.45) is 17.8 Å². The molecule has 0 bridgehead atoms. The van der Waals surface area contributed by atoms with E-state index in [1.807, 2.05) is 33.8 Å². The lowest BCUT2D eigenvalue weighted by Gasteiger charge is -2.38. The van der Waals surface area contributed by atoms with E-state index in [9.17, 15) is 14.7 Å². The summed E-state index contributed by atoms with van der Waals surface area (Å²) in [6.07, 6.45) is 2.75. The minimum Gasteiger partial charge on any atom is -0.506 e. The third-order valence-electron chi connectivity index (χ3n) is 6.64. The molecule has 1 fully saturated rings. The van der Waals surface area contributed by atoms with Crippen LogP contribution in [-0.2, 0) is 9.53 Å². The highest BCUT2D eigenvalue weighted by Crippen LogP contribution is 2.54. The van der Waals surface area contributed by atoms with E-state index in [4.69, 9.17) is 9.15 Å². The molecule has 5 nitrogen and oxygen atoms in total. The number of ketones is 1. The van der Waals surface area contributed by atoms with Crippen LogP contribution in [-0.4, -0.2) is 10.9 Å². The van der Waals surface area contributed by atoms with Gasteiger partial charge in [0.25, 0.3) is 0 Å². The highest BCUT2D eigenvalue weighted by Gasteiger charge is 2.48. The van der Waals surface area contributed by atoms with Gasteiger partial charge in [-0.3, -0.25) is 4.79 Å². The van der Waals surface area contributed by atoms with Crippen molar-refractivity contribution in [1.82, 2.24) is 0 Å². The van der Waals surface area contributed by atoms with Crippen molar-refractivity contribution in [3.63, 3.8) is 0 Å². The minimum atomic E-state index is -0.721. The van der Waals surface area contributed by atoms with E-state index in [0.717, 1.165) is 29.6 Å². The summed E-state index contributed by atoms with van der Waals surface area (Å²) in [7, 11) is 0. The van der Waals surface area contributed by atoms with Crippen LogP contribution in [0, 0.1) is 24.7 Å². The Morgan fingerprint density at radius 1 is 1.20 bits per heavy atom. The fourth-order valence-electron chi connectivity index (χ4n) is 5.20. The van der Waals surface area contributed by atoms with Gasteiger partial charge in [0.1, 0.15) is 23.0 Å². The van der Waals surface area contributed by atoms with Crippen LogP contribution in [0.1, 0.15) is 57.8 Å². The van der Waals surface area contributed by atoms with Gasteiger partial charge in [0.15, 0.2) is 5.76 Å². The van der Waals surface area contributed by atoms with Crippen LogP contribution in [0.25, 0.3) is 11.0 Å². The van der Waals surface area contributed by atoms with E-state index >= 15 is 0 Å². The molecule has 4 atom stereocenters. The zero-order chi connectivity index (χ0) is 21.7. The van der Waals surface area contributed by atoms with Crippen molar-refractivity contribution in [2.75, 3.05) is 0 Å². The first kappa shape index (κ1) is 20.5. The number of allylic oxidation sites excluding steroid dienone is 3. The summed E-state index contributed by atoms with van der Waals surface area (Å²) in [5, 5.41) is 11.7. The number of aromatic hydroxyl groups is 1. The number of benzene rings is 1. The Morgan fingerprint density at radius 3 is 2.63 bits per heavy atom. The molecule has 5 heteroatoms. The van der Waals surface area contributed by atoms with E-state index in [1.165, 1.54) is 0 Å². The summed E-state index contributed by atoms with van der Waals surface area (Å²) in [4.78, 5) is 25.9. The molecule has 0 radical (unpaired) electrons. The van der Waals surface area contributed by atoms with Crippen molar-refractivity contribution in [3.8, 4) is 5.75 Å². The maximum atomic E-state index is 13.0. The van der Waals surface area contributed by atoms with Gasteiger partial charge in [-0.1, -0.05) is 24.6 Å². The first-order chi connectivity index (χ1) is 14.2. The van der Waals surface area contributed by atoms with Gasteiger partial charge in [-0.25, -0.2) is 4.79 Å². The molecule has 1 aromatic heterocycles. The van der Waals surface area contributed by atoms with Crippen LogP contribution >= 0.6 is 0 Å². The number of ether oxygens (including phenoxy) is 1. The number of fused-ring (bicyclic) bond motifs is 2. The number of carbonyl (C=O) groups is 1. The third kappa shape index (κ3) is 3.17. The highest BCUT2D eigenvalue weighted by molar-refractivity contribution is 6.03. The number of carbonyl (C=O) groups excluding carboxylic acids is 1. The van der Waals surface area contributed by atoms with E-state index in [2.05, 4.69) is 6.92 Å². The Morgan fingerprint density at radius 2 is 1.93 bits per heavy atom. The molecule has 0 unspecified atom stereocenters. The maximum absolute atomic E-state index is 13.0. The largest absolute Gasteiger partial charge is 0.506 e. The van der Waals surface area contributed by atoms with Gasteiger partial charge in [-0.05, 0) is 75.7 Å². The van der Waals surface area contributed by atoms with E-state index in [-0.39, 0.29) is 28.9 Å². The molecule has 0 spiro atoms. The van der Waals surface area contributed by atoms with Crippen molar-refractivity contribution in [1.29, 1.82) is 0 Å². The average Bonchev–Trinajstić information content (AvgIpc) is 3.05. The van der Waals surface area contributed by atoms with Gasteiger partial charge < -0.3 is 14.3 Å². The fourth-order valence-corrected chi connectivity index (χ4v) is 5.20. The van der Waals surface area contributed by atoms with Gasteiger partial charge in [0, 0.05) is 5.92 Å². The predicted octanol–water partition coefficient (Wildman–Crippen LogP) is 5.35. The van der Waals surface area contributed by atoms with Crippen molar-refractivity contribution in [3.05, 3.63) is 62.7 Å². The summed E-state index contributed by atoms with van der Waals surface area (Å²) in [6, 6.07) is 5.32. The first-order valence-electron chi connectivity index (χ1n) is 10.5. The third-order valence-corrected chi connectivity index (χ3v) is 6.64. The average molecular weight is 408 g/mol. The number of hydrogen-bond acceptors (Lipinski definition) is 5.